The summed E-state index contributed by atoms with van der Waals surface area (Å²) in [6.45, 7) is 11.6. The number of rotatable bonds is 9. The molecule has 1 unspecified atom stereocenters. The van der Waals surface area contributed by atoms with Gasteiger partial charge in [-0.1, -0.05) is 65.3 Å². The van der Waals surface area contributed by atoms with Gasteiger partial charge < -0.3 is 0 Å². The summed E-state index contributed by atoms with van der Waals surface area (Å²) >= 11 is 2.06. The van der Waals surface area contributed by atoms with E-state index in [4.69, 9.17) is 0 Å². The SMILES string of the molecule is CCCCSCc1ccc(C(CC(C)C)C(C)C)cc1. The highest BCUT2D eigenvalue weighted by molar-refractivity contribution is 7.98. The topological polar surface area (TPSA) is 0 Å². The summed E-state index contributed by atoms with van der Waals surface area (Å²) < 4.78 is 0. The molecule has 0 radical (unpaired) electrons. The van der Waals surface area contributed by atoms with Gasteiger partial charge in [0.1, 0.15) is 0 Å². The van der Waals surface area contributed by atoms with Crippen LogP contribution in [0.1, 0.15) is 70.9 Å². The maximum absolute atomic E-state index is 2.36. The number of benzene rings is 1. The predicted octanol–water partition coefficient (Wildman–Crippen LogP) is 6.51. The minimum atomic E-state index is 0.705. The largest absolute Gasteiger partial charge is 0.157 e. The first-order valence-corrected chi connectivity index (χ1v) is 9.36. The lowest BCUT2D eigenvalue weighted by Gasteiger charge is -2.23. The molecule has 0 saturated carbocycles. The molecule has 0 aliphatic carbocycles. The van der Waals surface area contributed by atoms with Crippen molar-refractivity contribution in [1.82, 2.24) is 0 Å². The summed E-state index contributed by atoms with van der Waals surface area (Å²) in [5.74, 6) is 4.66. The number of unbranched alkanes of at least 4 members (excludes halogenated alkanes) is 1. The van der Waals surface area contributed by atoms with Gasteiger partial charge in [-0.25, -0.2) is 0 Å². The lowest BCUT2D eigenvalue weighted by molar-refractivity contribution is 0.408. The van der Waals surface area contributed by atoms with Crippen molar-refractivity contribution in [3.05, 3.63) is 35.4 Å². The average Bonchev–Trinajstić information content (AvgIpc) is 2.41. The first-order chi connectivity index (χ1) is 9.54. The van der Waals surface area contributed by atoms with Crippen molar-refractivity contribution in [1.29, 1.82) is 0 Å². The lowest BCUT2D eigenvalue weighted by atomic mass is 9.82. The third kappa shape index (κ3) is 6.35. The van der Waals surface area contributed by atoms with E-state index >= 15 is 0 Å². The van der Waals surface area contributed by atoms with Crippen molar-refractivity contribution in [2.45, 2.75) is 65.6 Å². The smallest absolute Gasteiger partial charge is 0.0184 e. The highest BCUT2D eigenvalue weighted by atomic mass is 32.2. The van der Waals surface area contributed by atoms with Crippen LogP contribution in [0.25, 0.3) is 0 Å². The Morgan fingerprint density at radius 1 is 1.00 bits per heavy atom. The number of thioether (sulfide) groups is 1. The van der Waals surface area contributed by atoms with Crippen LogP contribution < -0.4 is 0 Å². The van der Waals surface area contributed by atoms with Gasteiger partial charge in [-0.15, -0.1) is 0 Å². The van der Waals surface area contributed by atoms with Crippen LogP contribution in [-0.2, 0) is 5.75 Å². The zero-order valence-electron chi connectivity index (χ0n) is 14.0. The van der Waals surface area contributed by atoms with Crippen LogP contribution in [-0.4, -0.2) is 5.75 Å². The molecular formula is C19H32S. The highest BCUT2D eigenvalue weighted by Crippen LogP contribution is 2.31. The first-order valence-electron chi connectivity index (χ1n) is 8.21. The van der Waals surface area contributed by atoms with E-state index in [2.05, 4.69) is 70.6 Å². The first kappa shape index (κ1) is 17.6. The zero-order valence-corrected chi connectivity index (χ0v) is 14.8. The summed E-state index contributed by atoms with van der Waals surface area (Å²) in [6, 6.07) is 9.40. The van der Waals surface area contributed by atoms with Crippen LogP contribution >= 0.6 is 11.8 Å². The van der Waals surface area contributed by atoms with E-state index in [1.54, 1.807) is 0 Å². The molecule has 0 bridgehead atoms. The highest BCUT2D eigenvalue weighted by Gasteiger charge is 2.17. The predicted molar refractivity (Wildman–Crippen MR) is 94.5 cm³/mol. The van der Waals surface area contributed by atoms with Crippen LogP contribution in [0.3, 0.4) is 0 Å². The molecule has 1 heteroatoms. The summed E-state index contributed by atoms with van der Waals surface area (Å²) in [6.07, 6.45) is 3.94. The molecule has 114 valence electrons. The van der Waals surface area contributed by atoms with Gasteiger partial charge in [0.15, 0.2) is 0 Å². The van der Waals surface area contributed by atoms with E-state index in [-0.39, 0.29) is 0 Å². The van der Waals surface area contributed by atoms with E-state index < -0.39 is 0 Å². The molecule has 20 heavy (non-hydrogen) atoms. The Labute approximate surface area is 130 Å². The Balaban J connectivity index is 2.59. The second-order valence-electron chi connectivity index (χ2n) is 6.63. The monoisotopic (exact) mass is 292 g/mol. The summed E-state index contributed by atoms with van der Waals surface area (Å²) in [4.78, 5) is 0. The molecule has 1 aromatic rings. The fourth-order valence-corrected chi connectivity index (χ4v) is 3.66. The Morgan fingerprint density at radius 2 is 1.65 bits per heavy atom. The van der Waals surface area contributed by atoms with Crippen LogP contribution in [0.4, 0.5) is 0 Å². The van der Waals surface area contributed by atoms with E-state index in [0.29, 0.717) is 5.92 Å². The Morgan fingerprint density at radius 3 is 2.15 bits per heavy atom. The van der Waals surface area contributed by atoms with Gasteiger partial charge in [0.05, 0.1) is 0 Å². The van der Waals surface area contributed by atoms with Crippen molar-refractivity contribution >= 4 is 11.8 Å². The molecule has 0 saturated heterocycles. The minimum Gasteiger partial charge on any atom is -0.157 e. The quantitative estimate of drug-likeness (QED) is 0.468. The van der Waals surface area contributed by atoms with E-state index in [9.17, 15) is 0 Å². The van der Waals surface area contributed by atoms with Crippen molar-refractivity contribution in [2.75, 3.05) is 5.75 Å². The molecule has 1 rings (SSSR count). The van der Waals surface area contributed by atoms with Gasteiger partial charge in [-0.3, -0.25) is 0 Å². The molecule has 0 heterocycles. The molecule has 0 N–H and O–H groups in total. The van der Waals surface area contributed by atoms with Crippen molar-refractivity contribution in [3.63, 3.8) is 0 Å². The standard InChI is InChI=1S/C19H32S/c1-6-7-12-20-14-17-8-10-18(11-9-17)19(16(4)5)13-15(2)3/h8-11,15-16,19H,6-7,12-14H2,1-5H3. The van der Waals surface area contributed by atoms with Crippen LogP contribution in [0.5, 0.6) is 0 Å². The molecule has 0 amide bonds. The van der Waals surface area contributed by atoms with Gasteiger partial charge in [-0.05, 0) is 47.5 Å². The van der Waals surface area contributed by atoms with Gasteiger partial charge in [-0.2, -0.15) is 11.8 Å². The van der Waals surface area contributed by atoms with E-state index in [0.717, 1.165) is 17.6 Å². The average molecular weight is 293 g/mol. The van der Waals surface area contributed by atoms with E-state index in [1.165, 1.54) is 36.1 Å². The minimum absolute atomic E-state index is 0.705. The van der Waals surface area contributed by atoms with Crippen molar-refractivity contribution in [3.8, 4) is 0 Å². The van der Waals surface area contributed by atoms with Crippen molar-refractivity contribution < 1.29 is 0 Å². The molecule has 1 aromatic carbocycles. The normalized spacial score (nSPS) is 13.2. The Kier molecular flexibility index (Phi) is 8.37. The number of hydrogen-bond acceptors (Lipinski definition) is 1. The molecule has 1 atom stereocenters. The molecule has 0 aliphatic heterocycles. The molecule has 0 nitrogen and oxygen atoms in total. The van der Waals surface area contributed by atoms with Gasteiger partial charge in [0.2, 0.25) is 0 Å². The fourth-order valence-electron chi connectivity index (χ4n) is 2.60. The van der Waals surface area contributed by atoms with Crippen molar-refractivity contribution in [2.24, 2.45) is 11.8 Å². The number of hydrogen-bond donors (Lipinski definition) is 0. The summed E-state index contributed by atoms with van der Waals surface area (Å²) in [5.41, 5.74) is 3.00. The van der Waals surface area contributed by atoms with Crippen LogP contribution in [0.15, 0.2) is 24.3 Å². The summed E-state index contributed by atoms with van der Waals surface area (Å²) in [7, 11) is 0. The maximum Gasteiger partial charge on any atom is 0.0184 e. The molecular weight excluding hydrogens is 260 g/mol. The maximum atomic E-state index is 2.36. The lowest BCUT2D eigenvalue weighted by Crippen LogP contribution is -2.09. The third-order valence-corrected chi connectivity index (χ3v) is 4.96. The molecule has 0 spiro atoms. The second-order valence-corrected chi connectivity index (χ2v) is 7.73. The van der Waals surface area contributed by atoms with Crippen LogP contribution in [0.2, 0.25) is 0 Å². The Hall–Kier alpha value is -0.430. The zero-order chi connectivity index (χ0) is 15.0. The third-order valence-electron chi connectivity index (χ3n) is 3.85. The molecule has 0 fully saturated rings. The molecule has 0 aliphatic rings. The van der Waals surface area contributed by atoms with Gasteiger partial charge in [0.25, 0.3) is 0 Å². The summed E-state index contributed by atoms with van der Waals surface area (Å²) in [5, 5.41) is 0. The Bertz CT molecular complexity index is 351. The van der Waals surface area contributed by atoms with Gasteiger partial charge >= 0.3 is 0 Å². The van der Waals surface area contributed by atoms with E-state index in [1.807, 2.05) is 0 Å². The van der Waals surface area contributed by atoms with Crippen LogP contribution in [0, 0.1) is 11.8 Å². The second kappa shape index (κ2) is 9.50. The fraction of sp³-hybridized carbons (Fsp3) is 0.684. The van der Waals surface area contributed by atoms with Gasteiger partial charge in [0, 0.05) is 5.75 Å². The molecule has 0 aromatic heterocycles.